The minimum absolute atomic E-state index is 0. The van der Waals surface area contributed by atoms with Gasteiger partial charge in [0.05, 0.1) is 5.75 Å². The molecular formula is C13H18ClF3N2OS. The lowest BCUT2D eigenvalue weighted by atomic mass is 10.1. The van der Waals surface area contributed by atoms with E-state index in [-0.39, 0.29) is 37.3 Å². The maximum Gasteiger partial charge on any atom is 0.442 e. The molecule has 1 aromatic carbocycles. The van der Waals surface area contributed by atoms with Crippen molar-refractivity contribution < 1.29 is 18.0 Å². The van der Waals surface area contributed by atoms with Crippen LogP contribution >= 0.6 is 24.2 Å². The molecule has 0 aliphatic rings. The Kier molecular flexibility index (Phi) is 9.48. The molecule has 0 aromatic heterocycles. The van der Waals surface area contributed by atoms with E-state index in [2.05, 4.69) is 0 Å². The molecule has 1 amide bonds. The minimum Gasteiger partial charge on any atom is -0.340 e. The molecule has 0 bridgehead atoms. The second kappa shape index (κ2) is 9.92. The first-order chi connectivity index (χ1) is 9.42. The normalized spacial score (nSPS) is 10.9. The average Bonchev–Trinajstić information content (AvgIpc) is 2.41. The van der Waals surface area contributed by atoms with Gasteiger partial charge in [-0.2, -0.15) is 13.2 Å². The van der Waals surface area contributed by atoms with E-state index in [9.17, 15) is 18.0 Å². The Morgan fingerprint density at radius 3 is 2.33 bits per heavy atom. The highest BCUT2D eigenvalue weighted by atomic mass is 35.5. The standard InChI is InChI=1S/C13H17F3N2OS.ClH/c14-13(15,16)20-10-12(19)18(9-7-17)8-6-11-4-2-1-3-5-11;/h1-5H,6-10,17H2;1H. The van der Waals surface area contributed by atoms with Crippen molar-refractivity contribution in [1.29, 1.82) is 0 Å². The number of halogens is 4. The van der Waals surface area contributed by atoms with E-state index >= 15 is 0 Å². The molecule has 0 saturated heterocycles. The van der Waals surface area contributed by atoms with E-state index in [4.69, 9.17) is 5.73 Å². The van der Waals surface area contributed by atoms with Crippen molar-refractivity contribution in [3.8, 4) is 0 Å². The topological polar surface area (TPSA) is 46.3 Å². The quantitative estimate of drug-likeness (QED) is 0.828. The van der Waals surface area contributed by atoms with Crippen molar-refractivity contribution >= 4 is 30.1 Å². The maximum atomic E-state index is 12.1. The Hall–Kier alpha value is -0.920. The maximum absolute atomic E-state index is 12.1. The van der Waals surface area contributed by atoms with Crippen LogP contribution in [-0.4, -0.2) is 41.7 Å². The second-order valence-corrected chi connectivity index (χ2v) is 5.18. The molecule has 3 nitrogen and oxygen atoms in total. The zero-order valence-corrected chi connectivity index (χ0v) is 12.9. The van der Waals surface area contributed by atoms with Crippen LogP contribution in [0.3, 0.4) is 0 Å². The predicted molar refractivity (Wildman–Crippen MR) is 81.5 cm³/mol. The van der Waals surface area contributed by atoms with Gasteiger partial charge in [-0.25, -0.2) is 0 Å². The van der Waals surface area contributed by atoms with Crippen LogP contribution < -0.4 is 5.73 Å². The number of carbonyl (C=O) groups is 1. The minimum atomic E-state index is -4.39. The van der Waals surface area contributed by atoms with Crippen LogP contribution in [0.15, 0.2) is 30.3 Å². The fourth-order valence-corrected chi connectivity index (χ4v) is 2.13. The molecule has 0 heterocycles. The van der Waals surface area contributed by atoms with Crippen molar-refractivity contribution in [2.45, 2.75) is 11.9 Å². The van der Waals surface area contributed by atoms with E-state index in [1.54, 1.807) is 0 Å². The van der Waals surface area contributed by atoms with Gasteiger partial charge >= 0.3 is 5.51 Å². The van der Waals surface area contributed by atoms with E-state index in [1.165, 1.54) is 4.90 Å². The Balaban J connectivity index is 0.00000400. The van der Waals surface area contributed by atoms with Crippen LogP contribution in [0, 0.1) is 0 Å². The fourth-order valence-electron chi connectivity index (χ4n) is 1.66. The monoisotopic (exact) mass is 342 g/mol. The Labute approximate surface area is 132 Å². The summed E-state index contributed by atoms with van der Waals surface area (Å²) in [7, 11) is 0. The van der Waals surface area contributed by atoms with Gasteiger partial charge in [-0.05, 0) is 23.7 Å². The van der Waals surface area contributed by atoms with Gasteiger partial charge in [0.25, 0.3) is 0 Å². The molecular weight excluding hydrogens is 325 g/mol. The number of hydrogen-bond acceptors (Lipinski definition) is 3. The first-order valence-corrected chi connectivity index (χ1v) is 7.13. The van der Waals surface area contributed by atoms with Crippen molar-refractivity contribution in [3.05, 3.63) is 35.9 Å². The highest BCUT2D eigenvalue weighted by molar-refractivity contribution is 8.00. The largest absolute Gasteiger partial charge is 0.442 e. The molecule has 0 aliphatic heterocycles. The van der Waals surface area contributed by atoms with Gasteiger partial charge in [-0.3, -0.25) is 4.79 Å². The van der Waals surface area contributed by atoms with E-state index in [0.717, 1.165) is 5.56 Å². The van der Waals surface area contributed by atoms with E-state index in [1.807, 2.05) is 30.3 Å². The number of benzene rings is 1. The lowest BCUT2D eigenvalue weighted by Gasteiger charge is -2.22. The summed E-state index contributed by atoms with van der Waals surface area (Å²) in [5.74, 6) is -1.13. The van der Waals surface area contributed by atoms with E-state index in [0.29, 0.717) is 13.0 Å². The van der Waals surface area contributed by atoms with Crippen LogP contribution in [0.25, 0.3) is 0 Å². The molecule has 0 aliphatic carbocycles. The average molecular weight is 343 g/mol. The van der Waals surface area contributed by atoms with Gasteiger partial charge in [-0.15, -0.1) is 12.4 Å². The first-order valence-electron chi connectivity index (χ1n) is 6.15. The number of nitrogens with two attached hydrogens (primary N) is 1. The van der Waals surface area contributed by atoms with E-state index < -0.39 is 17.2 Å². The second-order valence-electron chi connectivity index (χ2n) is 4.14. The summed E-state index contributed by atoms with van der Waals surface area (Å²) >= 11 is -0.314. The number of rotatable bonds is 7. The summed E-state index contributed by atoms with van der Waals surface area (Å²) < 4.78 is 36.3. The molecule has 2 N–H and O–H groups in total. The van der Waals surface area contributed by atoms with Gasteiger partial charge < -0.3 is 10.6 Å². The van der Waals surface area contributed by atoms with Gasteiger partial charge in [0, 0.05) is 19.6 Å². The number of carbonyl (C=O) groups excluding carboxylic acids is 1. The summed E-state index contributed by atoms with van der Waals surface area (Å²) in [5, 5.41) is 0. The molecule has 120 valence electrons. The third kappa shape index (κ3) is 8.85. The van der Waals surface area contributed by atoms with Gasteiger partial charge in [0.1, 0.15) is 0 Å². The number of amides is 1. The smallest absolute Gasteiger partial charge is 0.340 e. The Bertz CT molecular complexity index is 418. The summed E-state index contributed by atoms with van der Waals surface area (Å²) in [5.41, 5.74) is 2.04. The highest BCUT2D eigenvalue weighted by Crippen LogP contribution is 2.30. The van der Waals surface area contributed by atoms with Crippen molar-refractivity contribution in [2.75, 3.05) is 25.4 Å². The molecule has 0 radical (unpaired) electrons. The number of nitrogens with zero attached hydrogens (tertiary/aromatic N) is 1. The lowest BCUT2D eigenvalue weighted by Crippen LogP contribution is -2.38. The summed E-state index contributed by atoms with van der Waals surface area (Å²) in [6.07, 6.45) is 0.600. The molecule has 1 aromatic rings. The SMILES string of the molecule is Cl.NCCN(CCc1ccccc1)C(=O)CSC(F)(F)F. The van der Waals surface area contributed by atoms with Crippen molar-refractivity contribution in [1.82, 2.24) is 4.90 Å². The molecule has 0 saturated carbocycles. The van der Waals surface area contributed by atoms with Gasteiger partial charge in [-0.1, -0.05) is 30.3 Å². The lowest BCUT2D eigenvalue weighted by molar-refractivity contribution is -0.128. The zero-order valence-electron chi connectivity index (χ0n) is 11.3. The third-order valence-electron chi connectivity index (χ3n) is 2.62. The first kappa shape index (κ1) is 20.1. The van der Waals surface area contributed by atoms with Crippen LogP contribution in [-0.2, 0) is 11.2 Å². The van der Waals surface area contributed by atoms with Crippen LogP contribution in [0.4, 0.5) is 13.2 Å². The van der Waals surface area contributed by atoms with Crippen LogP contribution in [0.2, 0.25) is 0 Å². The molecule has 0 spiro atoms. The van der Waals surface area contributed by atoms with Crippen LogP contribution in [0.1, 0.15) is 5.56 Å². The molecule has 8 heteroatoms. The highest BCUT2D eigenvalue weighted by Gasteiger charge is 2.30. The van der Waals surface area contributed by atoms with Crippen molar-refractivity contribution in [2.24, 2.45) is 5.73 Å². The Morgan fingerprint density at radius 1 is 1.19 bits per heavy atom. The molecule has 0 fully saturated rings. The van der Waals surface area contributed by atoms with Gasteiger partial charge in [0.15, 0.2) is 0 Å². The summed E-state index contributed by atoms with van der Waals surface area (Å²) in [6, 6.07) is 9.46. The summed E-state index contributed by atoms with van der Waals surface area (Å²) in [4.78, 5) is 13.1. The van der Waals surface area contributed by atoms with Crippen molar-refractivity contribution in [3.63, 3.8) is 0 Å². The molecule has 0 unspecified atom stereocenters. The third-order valence-corrected chi connectivity index (χ3v) is 3.34. The Morgan fingerprint density at radius 2 is 1.81 bits per heavy atom. The number of alkyl halides is 3. The van der Waals surface area contributed by atoms with Crippen LogP contribution in [0.5, 0.6) is 0 Å². The number of hydrogen-bond donors (Lipinski definition) is 1. The molecule has 21 heavy (non-hydrogen) atoms. The fraction of sp³-hybridized carbons (Fsp3) is 0.462. The zero-order chi connectivity index (χ0) is 15.0. The molecule has 0 atom stereocenters. The number of thioether (sulfide) groups is 1. The van der Waals surface area contributed by atoms with Gasteiger partial charge in [0.2, 0.25) is 5.91 Å². The summed E-state index contributed by atoms with van der Waals surface area (Å²) in [6.45, 7) is 0.875. The predicted octanol–water partition coefficient (Wildman–Crippen LogP) is 2.69. The molecule has 1 rings (SSSR count).